The number of carbonyl (C=O) groups excluding carboxylic acids is 1. The molecule has 1 aromatic heterocycles. The van der Waals surface area contributed by atoms with Crippen LogP contribution in [0.5, 0.6) is 0 Å². The van der Waals surface area contributed by atoms with Crippen LogP contribution in [0.25, 0.3) is 0 Å². The maximum Gasteiger partial charge on any atom is 0.306 e. The molecular weight excluding hydrogens is 242 g/mol. The van der Waals surface area contributed by atoms with Crippen LogP contribution in [0.15, 0.2) is 6.20 Å². The van der Waals surface area contributed by atoms with Gasteiger partial charge in [0.25, 0.3) is 0 Å². The molecule has 104 valence electrons. The van der Waals surface area contributed by atoms with Crippen molar-refractivity contribution in [3.05, 3.63) is 23.3 Å². The number of hydrogen-bond acceptors (Lipinski definition) is 5. The number of rotatable bonds is 3. The zero-order chi connectivity index (χ0) is 13.9. The van der Waals surface area contributed by atoms with Gasteiger partial charge in [0.2, 0.25) is 0 Å². The zero-order valence-corrected chi connectivity index (χ0v) is 11.8. The lowest BCUT2D eigenvalue weighted by atomic mass is 10.1. The summed E-state index contributed by atoms with van der Waals surface area (Å²) in [6.45, 7) is 7.39. The van der Waals surface area contributed by atoms with Crippen LogP contribution < -0.4 is 5.32 Å². The first kappa shape index (κ1) is 13.9. The Morgan fingerprint density at radius 1 is 1.47 bits per heavy atom. The van der Waals surface area contributed by atoms with E-state index < -0.39 is 5.60 Å². The highest BCUT2D eigenvalue weighted by Gasteiger charge is 2.17. The molecule has 0 aliphatic carbocycles. The van der Waals surface area contributed by atoms with E-state index in [4.69, 9.17) is 4.74 Å². The minimum Gasteiger partial charge on any atom is -0.460 e. The lowest BCUT2D eigenvalue weighted by Gasteiger charge is -2.19. The Bertz CT molecular complexity index is 466. The van der Waals surface area contributed by atoms with Crippen molar-refractivity contribution in [3.63, 3.8) is 0 Å². The molecular formula is C14H21N3O2. The second kappa shape index (κ2) is 5.65. The number of hydrogen-bond donors (Lipinski definition) is 1. The molecule has 0 atom stereocenters. The topological polar surface area (TPSA) is 64.1 Å². The molecule has 0 fully saturated rings. The average molecular weight is 263 g/mol. The molecule has 0 radical (unpaired) electrons. The predicted molar refractivity (Wildman–Crippen MR) is 71.6 cm³/mol. The fourth-order valence-corrected chi connectivity index (χ4v) is 2.00. The van der Waals surface area contributed by atoms with Crippen molar-refractivity contribution < 1.29 is 9.53 Å². The van der Waals surface area contributed by atoms with Gasteiger partial charge in [-0.15, -0.1) is 0 Å². The quantitative estimate of drug-likeness (QED) is 0.835. The van der Waals surface area contributed by atoms with E-state index in [-0.39, 0.29) is 5.97 Å². The lowest BCUT2D eigenvalue weighted by molar-refractivity contribution is -0.154. The Labute approximate surface area is 113 Å². The van der Waals surface area contributed by atoms with E-state index >= 15 is 0 Å². The molecule has 5 heteroatoms. The van der Waals surface area contributed by atoms with Gasteiger partial charge >= 0.3 is 5.97 Å². The van der Waals surface area contributed by atoms with Crippen molar-refractivity contribution in [1.82, 2.24) is 15.3 Å². The molecule has 0 bridgehead atoms. The first-order valence-electron chi connectivity index (χ1n) is 6.70. The van der Waals surface area contributed by atoms with Gasteiger partial charge < -0.3 is 10.1 Å². The molecule has 0 saturated carbocycles. The third-order valence-corrected chi connectivity index (χ3v) is 2.83. The van der Waals surface area contributed by atoms with Crippen molar-refractivity contribution in [1.29, 1.82) is 0 Å². The van der Waals surface area contributed by atoms with Crippen molar-refractivity contribution in [2.45, 2.75) is 52.2 Å². The molecule has 1 aromatic rings. The van der Waals surface area contributed by atoms with Gasteiger partial charge in [0.05, 0.1) is 6.42 Å². The number of nitrogens with one attached hydrogen (secondary N) is 1. The van der Waals surface area contributed by atoms with Gasteiger partial charge in [-0.1, -0.05) is 0 Å². The standard InChI is InChI=1S/C14H21N3O2/c1-14(2,3)19-13(18)5-4-12-16-9-10-8-15-7-6-11(10)17-12/h9,15H,4-8H2,1-3H3. The largest absolute Gasteiger partial charge is 0.460 e. The predicted octanol–water partition coefficient (Wildman–Crippen LogP) is 1.40. The molecule has 0 amide bonds. The van der Waals surface area contributed by atoms with Gasteiger partial charge in [0.15, 0.2) is 0 Å². The second-order valence-electron chi connectivity index (χ2n) is 5.77. The molecule has 2 heterocycles. The number of nitrogens with zero attached hydrogens (tertiary/aromatic N) is 2. The molecule has 1 aliphatic heterocycles. The molecule has 0 unspecified atom stereocenters. The number of aryl methyl sites for hydroxylation is 1. The Morgan fingerprint density at radius 3 is 3.00 bits per heavy atom. The maximum absolute atomic E-state index is 11.6. The summed E-state index contributed by atoms with van der Waals surface area (Å²) < 4.78 is 5.27. The average Bonchev–Trinajstić information content (AvgIpc) is 2.34. The van der Waals surface area contributed by atoms with Crippen LogP contribution in [0.3, 0.4) is 0 Å². The molecule has 1 N–H and O–H groups in total. The fraction of sp³-hybridized carbons (Fsp3) is 0.643. The summed E-state index contributed by atoms with van der Waals surface area (Å²) in [6.07, 6.45) is 3.65. The maximum atomic E-state index is 11.6. The summed E-state index contributed by atoms with van der Waals surface area (Å²) in [5, 5.41) is 3.28. The third kappa shape index (κ3) is 4.28. The molecule has 5 nitrogen and oxygen atoms in total. The number of aromatic nitrogens is 2. The third-order valence-electron chi connectivity index (χ3n) is 2.83. The monoisotopic (exact) mass is 263 g/mol. The van der Waals surface area contributed by atoms with Gasteiger partial charge in [0.1, 0.15) is 11.4 Å². The summed E-state index contributed by atoms with van der Waals surface area (Å²) in [5.41, 5.74) is 1.83. The van der Waals surface area contributed by atoms with Crippen LogP contribution in [0.4, 0.5) is 0 Å². The Hall–Kier alpha value is -1.49. The number of ether oxygens (including phenoxy) is 1. The van der Waals surface area contributed by atoms with Crippen molar-refractivity contribution in [2.75, 3.05) is 6.54 Å². The number of fused-ring (bicyclic) bond motifs is 1. The number of esters is 1. The van der Waals surface area contributed by atoms with E-state index in [1.54, 1.807) is 0 Å². The Kier molecular flexibility index (Phi) is 4.14. The van der Waals surface area contributed by atoms with Crippen molar-refractivity contribution in [3.8, 4) is 0 Å². The fourth-order valence-electron chi connectivity index (χ4n) is 2.00. The molecule has 2 rings (SSSR count). The molecule has 1 aliphatic rings. The summed E-state index contributed by atoms with van der Waals surface area (Å²) >= 11 is 0. The highest BCUT2D eigenvalue weighted by molar-refractivity contribution is 5.70. The highest BCUT2D eigenvalue weighted by Crippen LogP contribution is 2.12. The Balaban J connectivity index is 1.91. The van der Waals surface area contributed by atoms with E-state index in [9.17, 15) is 4.79 Å². The SMILES string of the molecule is CC(C)(C)OC(=O)CCc1ncc2c(n1)CCNC2. The van der Waals surface area contributed by atoms with E-state index in [0.717, 1.165) is 36.6 Å². The lowest BCUT2D eigenvalue weighted by Crippen LogP contribution is -2.26. The minimum absolute atomic E-state index is 0.199. The summed E-state index contributed by atoms with van der Waals surface area (Å²) in [5.74, 6) is 0.530. The van der Waals surface area contributed by atoms with Crippen LogP contribution in [0.2, 0.25) is 0 Å². The van der Waals surface area contributed by atoms with E-state index in [0.29, 0.717) is 12.8 Å². The van der Waals surface area contributed by atoms with Crippen LogP contribution in [-0.2, 0) is 28.9 Å². The van der Waals surface area contributed by atoms with Gasteiger partial charge in [0, 0.05) is 43.4 Å². The second-order valence-corrected chi connectivity index (χ2v) is 5.77. The molecule has 0 aromatic carbocycles. The molecule has 0 saturated heterocycles. The highest BCUT2D eigenvalue weighted by atomic mass is 16.6. The van der Waals surface area contributed by atoms with Crippen LogP contribution in [0, 0.1) is 0 Å². The summed E-state index contributed by atoms with van der Waals surface area (Å²) in [7, 11) is 0. The van der Waals surface area contributed by atoms with Gasteiger partial charge in [-0.25, -0.2) is 9.97 Å². The molecule has 19 heavy (non-hydrogen) atoms. The van der Waals surface area contributed by atoms with Gasteiger partial charge in [-0.2, -0.15) is 0 Å². The smallest absolute Gasteiger partial charge is 0.306 e. The first-order valence-corrected chi connectivity index (χ1v) is 6.70. The van der Waals surface area contributed by atoms with Crippen LogP contribution in [0.1, 0.15) is 44.3 Å². The van der Waals surface area contributed by atoms with Crippen LogP contribution >= 0.6 is 0 Å². The summed E-state index contributed by atoms with van der Waals surface area (Å²) in [4.78, 5) is 20.5. The van der Waals surface area contributed by atoms with Crippen molar-refractivity contribution in [2.24, 2.45) is 0 Å². The van der Waals surface area contributed by atoms with E-state index in [1.165, 1.54) is 0 Å². The summed E-state index contributed by atoms with van der Waals surface area (Å²) in [6, 6.07) is 0. The van der Waals surface area contributed by atoms with E-state index in [1.807, 2.05) is 27.0 Å². The number of carbonyl (C=O) groups is 1. The van der Waals surface area contributed by atoms with Gasteiger partial charge in [-0.3, -0.25) is 4.79 Å². The Morgan fingerprint density at radius 2 is 2.26 bits per heavy atom. The van der Waals surface area contributed by atoms with Crippen molar-refractivity contribution >= 4 is 5.97 Å². The molecule has 0 spiro atoms. The zero-order valence-electron chi connectivity index (χ0n) is 11.8. The first-order chi connectivity index (χ1) is 8.94. The van der Waals surface area contributed by atoms with Crippen LogP contribution in [-0.4, -0.2) is 28.1 Å². The van der Waals surface area contributed by atoms with Gasteiger partial charge in [-0.05, 0) is 20.8 Å². The normalized spacial score (nSPS) is 14.9. The van der Waals surface area contributed by atoms with E-state index in [2.05, 4.69) is 15.3 Å². The minimum atomic E-state index is -0.431.